The molecule has 0 bridgehead atoms. The summed E-state index contributed by atoms with van der Waals surface area (Å²) in [4.78, 5) is 19.2. The maximum Gasteiger partial charge on any atom is 0.407 e. The van der Waals surface area contributed by atoms with Gasteiger partial charge in [0.25, 0.3) is 0 Å². The number of anilines is 1. The number of pyridine rings is 1. The van der Waals surface area contributed by atoms with Gasteiger partial charge < -0.3 is 15.0 Å². The number of nitrogens with zero attached hydrogens (tertiary/aromatic N) is 3. The van der Waals surface area contributed by atoms with Crippen LogP contribution >= 0.6 is 23.2 Å². The smallest absolute Gasteiger partial charge is 0.407 e. The molecule has 0 atom stereocenters. The lowest BCUT2D eigenvalue weighted by Gasteiger charge is -2.36. The molecule has 0 radical (unpaired) electrons. The zero-order valence-electron chi connectivity index (χ0n) is 22.6. The maximum absolute atomic E-state index is 12.3. The van der Waals surface area contributed by atoms with Crippen LogP contribution < -0.4 is 10.2 Å². The Balaban J connectivity index is 1.69. The number of allylic oxidation sites excluding steroid dienone is 1. The fourth-order valence-electron chi connectivity index (χ4n) is 4.72. The van der Waals surface area contributed by atoms with Crippen molar-refractivity contribution in [2.24, 2.45) is 0 Å². The van der Waals surface area contributed by atoms with Gasteiger partial charge in [0.05, 0.1) is 17.3 Å². The van der Waals surface area contributed by atoms with Crippen LogP contribution in [0.25, 0.3) is 22.8 Å². The number of rotatable bonds is 5. The van der Waals surface area contributed by atoms with Gasteiger partial charge in [-0.15, -0.1) is 0 Å². The van der Waals surface area contributed by atoms with Crippen molar-refractivity contribution < 1.29 is 9.53 Å². The van der Waals surface area contributed by atoms with Gasteiger partial charge in [0.1, 0.15) is 5.60 Å². The third kappa shape index (κ3) is 7.53. The topological polar surface area (TPSA) is 78.2 Å². The van der Waals surface area contributed by atoms with Crippen LogP contribution in [-0.2, 0) is 4.74 Å². The van der Waals surface area contributed by atoms with Gasteiger partial charge in [0.15, 0.2) is 0 Å². The Kier molecular flexibility index (Phi) is 8.84. The quantitative estimate of drug-likeness (QED) is 0.341. The molecule has 3 aromatic rings. The Bertz CT molecular complexity index is 1410. The maximum atomic E-state index is 12.3. The van der Waals surface area contributed by atoms with Gasteiger partial charge in [-0.2, -0.15) is 5.26 Å². The number of hydrogen-bond acceptors (Lipinski definition) is 5. The standard InChI is InChI=1S/C31H32Cl2N4O2/c1-20(22-7-5-6-21(13-22)17-34)12-24-18-35-19-28(23-14-25(32)16-26(33)15-23)29(24)37-10-8-27(9-11-37)36-30(38)39-31(2,3)4/h5-7,12-16,18-19,27H,8-11H2,1-4H3,(H,36,38)/b20-12+. The monoisotopic (exact) mass is 562 g/mol. The van der Waals surface area contributed by atoms with Crippen LogP contribution in [0.3, 0.4) is 0 Å². The van der Waals surface area contributed by atoms with Crippen molar-refractivity contribution >= 4 is 46.6 Å². The molecule has 1 aliphatic heterocycles. The molecule has 1 saturated heterocycles. The minimum atomic E-state index is -0.541. The number of carbonyl (C=O) groups is 1. The number of nitrogens with one attached hydrogen (secondary N) is 1. The highest BCUT2D eigenvalue weighted by Crippen LogP contribution is 2.38. The van der Waals surface area contributed by atoms with E-state index in [4.69, 9.17) is 27.9 Å². The van der Waals surface area contributed by atoms with Crippen LogP contribution in [0.2, 0.25) is 10.0 Å². The Labute approximate surface area is 240 Å². The molecule has 1 aromatic heterocycles. The van der Waals surface area contributed by atoms with E-state index in [0.717, 1.165) is 59.4 Å². The van der Waals surface area contributed by atoms with Crippen LogP contribution in [0.15, 0.2) is 54.9 Å². The summed E-state index contributed by atoms with van der Waals surface area (Å²) in [5.41, 5.74) is 5.82. The van der Waals surface area contributed by atoms with Gasteiger partial charge in [-0.3, -0.25) is 4.98 Å². The van der Waals surface area contributed by atoms with Gasteiger partial charge in [0.2, 0.25) is 0 Å². The molecule has 4 rings (SSSR count). The second-order valence-corrected chi connectivity index (χ2v) is 11.6. The van der Waals surface area contributed by atoms with Crippen LogP contribution in [0.5, 0.6) is 0 Å². The Morgan fingerprint density at radius 3 is 2.46 bits per heavy atom. The molecule has 0 spiro atoms. The highest BCUT2D eigenvalue weighted by Gasteiger charge is 2.26. The molecule has 1 N–H and O–H groups in total. The summed E-state index contributed by atoms with van der Waals surface area (Å²) in [7, 11) is 0. The van der Waals surface area contributed by atoms with E-state index in [9.17, 15) is 10.1 Å². The van der Waals surface area contributed by atoms with Gasteiger partial charge in [-0.05, 0) is 93.6 Å². The molecule has 39 heavy (non-hydrogen) atoms. The second-order valence-electron chi connectivity index (χ2n) is 10.7. The number of carbonyl (C=O) groups excluding carboxylic acids is 1. The van der Waals surface area contributed by atoms with E-state index in [1.54, 1.807) is 12.1 Å². The first-order valence-electron chi connectivity index (χ1n) is 12.9. The van der Waals surface area contributed by atoms with Crippen LogP contribution in [0, 0.1) is 11.3 Å². The molecule has 6 nitrogen and oxygen atoms in total. The van der Waals surface area contributed by atoms with Crippen molar-refractivity contribution in [1.29, 1.82) is 5.26 Å². The molecule has 2 heterocycles. The Morgan fingerprint density at radius 1 is 1.13 bits per heavy atom. The average Bonchev–Trinajstić information content (AvgIpc) is 2.87. The van der Waals surface area contributed by atoms with Crippen molar-refractivity contribution in [3.8, 4) is 17.2 Å². The van der Waals surface area contributed by atoms with Gasteiger partial charge in [-0.1, -0.05) is 35.3 Å². The van der Waals surface area contributed by atoms with Crippen LogP contribution in [0.4, 0.5) is 10.5 Å². The number of nitriles is 1. The zero-order chi connectivity index (χ0) is 28.2. The van der Waals surface area contributed by atoms with E-state index in [1.807, 2.05) is 70.4 Å². The summed E-state index contributed by atoms with van der Waals surface area (Å²) in [6.07, 6.45) is 6.93. The first-order valence-corrected chi connectivity index (χ1v) is 13.7. The second kappa shape index (κ2) is 12.1. The summed E-state index contributed by atoms with van der Waals surface area (Å²) >= 11 is 12.8. The van der Waals surface area contributed by atoms with Crippen molar-refractivity contribution in [3.05, 3.63) is 81.6 Å². The third-order valence-corrected chi connectivity index (χ3v) is 6.91. The lowest BCUT2D eigenvalue weighted by atomic mass is 9.96. The number of amides is 1. The third-order valence-electron chi connectivity index (χ3n) is 6.47. The molecule has 1 fully saturated rings. The average molecular weight is 564 g/mol. The molecular formula is C31H32Cl2N4O2. The van der Waals surface area contributed by atoms with E-state index >= 15 is 0 Å². The number of halogens is 2. The fraction of sp³-hybridized carbons (Fsp3) is 0.323. The van der Waals surface area contributed by atoms with E-state index in [-0.39, 0.29) is 6.04 Å². The molecule has 1 aliphatic rings. The van der Waals surface area contributed by atoms with E-state index < -0.39 is 11.7 Å². The normalized spacial score (nSPS) is 14.6. The zero-order valence-corrected chi connectivity index (χ0v) is 24.1. The number of piperidine rings is 1. The predicted molar refractivity (Wildman–Crippen MR) is 159 cm³/mol. The SMILES string of the molecule is C/C(=C\c1cncc(-c2cc(Cl)cc(Cl)c2)c1N1CCC(NC(=O)OC(C)(C)C)CC1)c1cccc(C#N)c1. The summed E-state index contributed by atoms with van der Waals surface area (Å²) in [5, 5.41) is 13.5. The number of alkyl carbamates (subject to hydrolysis) is 1. The minimum absolute atomic E-state index is 0.0245. The Morgan fingerprint density at radius 2 is 1.82 bits per heavy atom. The highest BCUT2D eigenvalue weighted by molar-refractivity contribution is 6.35. The molecule has 1 amide bonds. The molecule has 0 aliphatic carbocycles. The lowest BCUT2D eigenvalue weighted by molar-refractivity contribution is 0.0497. The van der Waals surface area contributed by atoms with Crippen LogP contribution in [-0.4, -0.2) is 35.8 Å². The van der Waals surface area contributed by atoms with Crippen LogP contribution in [0.1, 0.15) is 57.2 Å². The minimum Gasteiger partial charge on any atom is -0.444 e. The summed E-state index contributed by atoms with van der Waals surface area (Å²) in [6, 6.07) is 15.3. The number of aromatic nitrogens is 1. The molecule has 0 saturated carbocycles. The van der Waals surface area contributed by atoms with Gasteiger partial charge in [-0.25, -0.2) is 4.79 Å². The summed E-state index contributed by atoms with van der Waals surface area (Å²) in [6.45, 7) is 9.06. The summed E-state index contributed by atoms with van der Waals surface area (Å²) in [5.74, 6) is 0. The molecule has 8 heteroatoms. The highest BCUT2D eigenvalue weighted by atomic mass is 35.5. The van der Waals surface area contributed by atoms with Crippen molar-refractivity contribution in [3.63, 3.8) is 0 Å². The molecule has 2 aromatic carbocycles. The van der Waals surface area contributed by atoms with Crippen molar-refractivity contribution in [1.82, 2.24) is 10.3 Å². The first kappa shape index (κ1) is 28.5. The fourth-order valence-corrected chi connectivity index (χ4v) is 5.25. The lowest BCUT2D eigenvalue weighted by Crippen LogP contribution is -2.46. The van der Waals surface area contributed by atoms with E-state index in [2.05, 4.69) is 27.3 Å². The molecule has 0 unspecified atom stereocenters. The summed E-state index contributed by atoms with van der Waals surface area (Å²) < 4.78 is 5.45. The predicted octanol–water partition coefficient (Wildman–Crippen LogP) is 7.98. The first-order chi connectivity index (χ1) is 18.5. The number of benzene rings is 2. The largest absolute Gasteiger partial charge is 0.444 e. The number of hydrogen-bond donors (Lipinski definition) is 1. The number of ether oxygens (including phenoxy) is 1. The Hall–Kier alpha value is -3.53. The van der Waals surface area contributed by atoms with E-state index in [1.165, 1.54) is 0 Å². The van der Waals surface area contributed by atoms with Crippen molar-refractivity contribution in [2.75, 3.05) is 18.0 Å². The van der Waals surface area contributed by atoms with E-state index in [0.29, 0.717) is 15.6 Å². The van der Waals surface area contributed by atoms with Gasteiger partial charge in [0, 0.05) is 52.7 Å². The molecular weight excluding hydrogens is 531 g/mol. The van der Waals surface area contributed by atoms with Crippen molar-refractivity contribution in [2.45, 2.75) is 52.2 Å². The molecule has 202 valence electrons. The van der Waals surface area contributed by atoms with Gasteiger partial charge >= 0.3 is 6.09 Å².